The van der Waals surface area contributed by atoms with Crippen molar-refractivity contribution >= 4 is 15.5 Å². The lowest BCUT2D eigenvalue weighted by molar-refractivity contribution is 0.495. The van der Waals surface area contributed by atoms with E-state index in [4.69, 9.17) is 5.73 Å². The Morgan fingerprint density at radius 3 is 2.37 bits per heavy atom. The molecule has 108 valence electrons. The normalized spacial score (nSPS) is 12.5. The summed E-state index contributed by atoms with van der Waals surface area (Å²) in [4.78, 5) is 2.33. The number of likely N-dealkylation sites (N-methyl/N-ethyl adjacent to an activating group) is 1. The molecule has 1 aromatic carbocycles. The SMILES string of the molecule is CCCS(=O)(=O)c1ccccc1N(C)C(C)(C)CN. The average Bonchev–Trinajstić information content (AvgIpc) is 2.37. The lowest BCUT2D eigenvalue weighted by Crippen LogP contribution is -2.47. The summed E-state index contributed by atoms with van der Waals surface area (Å²) in [6.45, 7) is 6.31. The van der Waals surface area contributed by atoms with Gasteiger partial charge in [0, 0.05) is 19.1 Å². The van der Waals surface area contributed by atoms with E-state index in [0.717, 1.165) is 0 Å². The molecule has 0 heterocycles. The van der Waals surface area contributed by atoms with Crippen molar-refractivity contribution in [3.8, 4) is 0 Å². The van der Waals surface area contributed by atoms with Crippen LogP contribution in [0, 0.1) is 0 Å². The Kier molecular flexibility index (Phi) is 4.98. The zero-order valence-electron chi connectivity index (χ0n) is 12.2. The first-order valence-corrected chi connectivity index (χ1v) is 8.17. The maximum Gasteiger partial charge on any atom is 0.180 e. The Labute approximate surface area is 116 Å². The van der Waals surface area contributed by atoms with Gasteiger partial charge >= 0.3 is 0 Å². The molecule has 0 aliphatic rings. The van der Waals surface area contributed by atoms with Gasteiger partial charge in [-0.2, -0.15) is 0 Å². The van der Waals surface area contributed by atoms with E-state index < -0.39 is 9.84 Å². The van der Waals surface area contributed by atoms with E-state index >= 15 is 0 Å². The minimum Gasteiger partial charge on any atom is -0.367 e. The third kappa shape index (κ3) is 3.48. The first-order valence-electron chi connectivity index (χ1n) is 6.52. The van der Waals surface area contributed by atoms with Crippen LogP contribution in [0.5, 0.6) is 0 Å². The highest BCUT2D eigenvalue weighted by Crippen LogP contribution is 2.29. The predicted molar refractivity (Wildman–Crippen MR) is 80.3 cm³/mol. The molecule has 1 rings (SSSR count). The van der Waals surface area contributed by atoms with Gasteiger partial charge in [-0.15, -0.1) is 0 Å². The van der Waals surface area contributed by atoms with Crippen LogP contribution < -0.4 is 10.6 Å². The van der Waals surface area contributed by atoms with Gasteiger partial charge in [0.1, 0.15) is 0 Å². The van der Waals surface area contributed by atoms with Crippen molar-refractivity contribution in [1.29, 1.82) is 0 Å². The molecule has 0 unspecified atom stereocenters. The van der Waals surface area contributed by atoms with Crippen LogP contribution in [0.3, 0.4) is 0 Å². The smallest absolute Gasteiger partial charge is 0.180 e. The van der Waals surface area contributed by atoms with Crippen molar-refractivity contribution in [1.82, 2.24) is 0 Å². The molecule has 0 amide bonds. The molecular weight excluding hydrogens is 260 g/mol. The van der Waals surface area contributed by atoms with Gasteiger partial charge in [0.25, 0.3) is 0 Å². The first-order chi connectivity index (χ1) is 8.76. The fourth-order valence-corrected chi connectivity index (χ4v) is 3.41. The van der Waals surface area contributed by atoms with Gasteiger partial charge in [-0.05, 0) is 32.4 Å². The number of nitrogens with zero attached hydrogens (tertiary/aromatic N) is 1. The van der Waals surface area contributed by atoms with Crippen molar-refractivity contribution < 1.29 is 8.42 Å². The number of benzene rings is 1. The monoisotopic (exact) mass is 284 g/mol. The second kappa shape index (κ2) is 5.92. The number of hydrogen-bond acceptors (Lipinski definition) is 4. The van der Waals surface area contributed by atoms with Gasteiger partial charge in [0.2, 0.25) is 0 Å². The van der Waals surface area contributed by atoms with Crippen LogP contribution in [0.2, 0.25) is 0 Å². The Bertz CT molecular complexity index is 524. The zero-order valence-corrected chi connectivity index (χ0v) is 13.0. The quantitative estimate of drug-likeness (QED) is 0.868. The summed E-state index contributed by atoms with van der Waals surface area (Å²) in [5.41, 5.74) is 6.19. The van der Waals surface area contributed by atoms with Crippen LogP contribution in [0.1, 0.15) is 27.2 Å². The molecule has 19 heavy (non-hydrogen) atoms. The first kappa shape index (κ1) is 16.0. The molecule has 0 aliphatic heterocycles. The largest absolute Gasteiger partial charge is 0.367 e. The minimum atomic E-state index is -3.24. The van der Waals surface area contributed by atoms with E-state index in [1.165, 1.54) is 0 Å². The fourth-order valence-electron chi connectivity index (χ4n) is 1.84. The fraction of sp³-hybridized carbons (Fsp3) is 0.571. The predicted octanol–water partition coefficient (Wildman–Crippen LogP) is 2.04. The van der Waals surface area contributed by atoms with Crippen molar-refractivity contribution in [2.45, 2.75) is 37.6 Å². The van der Waals surface area contributed by atoms with Crippen LogP contribution in [0.15, 0.2) is 29.2 Å². The van der Waals surface area contributed by atoms with Gasteiger partial charge in [-0.1, -0.05) is 19.1 Å². The van der Waals surface area contributed by atoms with Crippen LogP contribution >= 0.6 is 0 Å². The molecule has 1 aromatic rings. The Balaban J connectivity index is 3.32. The van der Waals surface area contributed by atoms with E-state index in [1.54, 1.807) is 12.1 Å². The molecule has 0 radical (unpaired) electrons. The van der Waals surface area contributed by atoms with Crippen molar-refractivity contribution in [2.24, 2.45) is 5.73 Å². The molecule has 2 N–H and O–H groups in total. The minimum absolute atomic E-state index is 0.168. The second-order valence-electron chi connectivity index (χ2n) is 5.36. The Morgan fingerprint density at radius 2 is 1.84 bits per heavy atom. The number of hydrogen-bond donors (Lipinski definition) is 1. The highest BCUT2D eigenvalue weighted by molar-refractivity contribution is 7.91. The molecule has 0 saturated heterocycles. The number of nitrogens with two attached hydrogens (primary N) is 1. The summed E-state index contributed by atoms with van der Waals surface area (Å²) < 4.78 is 24.6. The highest BCUT2D eigenvalue weighted by Gasteiger charge is 2.27. The highest BCUT2D eigenvalue weighted by atomic mass is 32.2. The lowest BCUT2D eigenvalue weighted by Gasteiger charge is -2.37. The molecule has 0 bridgehead atoms. The second-order valence-corrected chi connectivity index (χ2v) is 7.44. The van der Waals surface area contributed by atoms with Gasteiger partial charge in [-0.25, -0.2) is 8.42 Å². The maximum absolute atomic E-state index is 12.3. The van der Waals surface area contributed by atoms with Crippen molar-refractivity contribution in [2.75, 3.05) is 24.2 Å². The van der Waals surface area contributed by atoms with Crippen molar-refractivity contribution in [3.05, 3.63) is 24.3 Å². The summed E-state index contributed by atoms with van der Waals surface area (Å²) in [7, 11) is -1.35. The summed E-state index contributed by atoms with van der Waals surface area (Å²) in [5, 5.41) is 0. The number of rotatable bonds is 6. The average molecular weight is 284 g/mol. The van der Waals surface area contributed by atoms with Crippen LogP contribution in [0.25, 0.3) is 0 Å². The molecule has 0 atom stereocenters. The molecule has 0 fully saturated rings. The van der Waals surface area contributed by atoms with E-state index in [-0.39, 0.29) is 11.3 Å². The molecule has 4 nitrogen and oxygen atoms in total. The summed E-state index contributed by atoms with van der Waals surface area (Å²) >= 11 is 0. The van der Waals surface area contributed by atoms with E-state index in [2.05, 4.69) is 0 Å². The van der Waals surface area contributed by atoms with Crippen molar-refractivity contribution in [3.63, 3.8) is 0 Å². The number of sulfone groups is 1. The molecule has 0 aromatic heterocycles. The number of para-hydroxylation sites is 1. The van der Waals surface area contributed by atoms with E-state index in [0.29, 0.717) is 23.5 Å². The van der Waals surface area contributed by atoms with E-state index in [9.17, 15) is 8.42 Å². The third-order valence-electron chi connectivity index (χ3n) is 3.44. The molecule has 5 heteroatoms. The zero-order chi connectivity index (χ0) is 14.7. The lowest BCUT2D eigenvalue weighted by atomic mass is 10.0. The van der Waals surface area contributed by atoms with Crippen LogP contribution in [-0.2, 0) is 9.84 Å². The van der Waals surface area contributed by atoms with Gasteiger partial charge in [0.05, 0.1) is 16.3 Å². The topological polar surface area (TPSA) is 63.4 Å². The Hall–Kier alpha value is -1.07. The summed E-state index contributed by atoms with van der Waals surface area (Å²) in [6.07, 6.45) is 0.612. The molecule has 0 spiro atoms. The standard InChI is InChI=1S/C14H24N2O2S/c1-5-10-19(17,18)13-9-7-6-8-12(13)16(4)14(2,3)11-15/h6-9H,5,10-11,15H2,1-4H3. The molecule has 0 saturated carbocycles. The number of anilines is 1. The van der Waals surface area contributed by atoms with Gasteiger partial charge in [-0.3, -0.25) is 0 Å². The summed E-state index contributed by atoms with van der Waals surface area (Å²) in [6, 6.07) is 7.11. The van der Waals surface area contributed by atoms with Crippen LogP contribution in [0.4, 0.5) is 5.69 Å². The third-order valence-corrected chi connectivity index (χ3v) is 5.40. The molecular formula is C14H24N2O2S. The molecule has 0 aliphatic carbocycles. The van der Waals surface area contributed by atoms with E-state index in [1.807, 2.05) is 44.9 Å². The summed E-state index contributed by atoms with van der Waals surface area (Å²) in [5.74, 6) is 0.168. The van der Waals surface area contributed by atoms with Gasteiger partial charge < -0.3 is 10.6 Å². The van der Waals surface area contributed by atoms with Gasteiger partial charge in [0.15, 0.2) is 9.84 Å². The maximum atomic E-state index is 12.3. The van der Waals surface area contributed by atoms with Crippen LogP contribution in [-0.4, -0.2) is 33.3 Å². The Morgan fingerprint density at radius 1 is 1.26 bits per heavy atom.